The molecule has 0 radical (unpaired) electrons. The number of ether oxygens (including phenoxy) is 3. The van der Waals surface area contributed by atoms with E-state index >= 15 is 0 Å². The Morgan fingerprint density at radius 2 is 1.60 bits per heavy atom. The number of para-hydroxylation sites is 1. The molecule has 20 heteroatoms. The minimum Gasteiger partial charge on any atom is -0.382 e. The number of aromatic amines is 1. The predicted octanol–water partition coefficient (Wildman–Crippen LogP) is 4.91. The molecule has 18 nitrogen and oxygen atoms in total. The summed E-state index contributed by atoms with van der Waals surface area (Å²) >= 11 is 0. The second kappa shape index (κ2) is 23.0. The molecule has 7 rings (SSSR count). The minimum atomic E-state index is -2.17. The molecule has 0 saturated carbocycles. The highest BCUT2D eigenvalue weighted by Gasteiger charge is 2.45. The van der Waals surface area contributed by atoms with Crippen molar-refractivity contribution in [2.24, 2.45) is 0 Å². The molecule has 4 heterocycles. The number of nitrogens with one attached hydrogen (secondary N) is 5. The third kappa shape index (κ3) is 13.2. The monoisotopic (exact) mass is 883 g/mol. The summed E-state index contributed by atoms with van der Waals surface area (Å²) in [6.45, 7) is 4.48. The smallest absolute Gasteiger partial charge is 0.282 e. The van der Waals surface area contributed by atoms with Crippen molar-refractivity contribution in [2.75, 3.05) is 76.3 Å². The number of aromatic nitrogens is 1. The second-order valence-electron chi connectivity index (χ2n) is 15.2. The summed E-state index contributed by atoms with van der Waals surface area (Å²) in [6, 6.07) is 15.6. The highest BCUT2D eigenvalue weighted by molar-refractivity contribution is 5.98. The van der Waals surface area contributed by atoms with E-state index in [1.54, 1.807) is 24.3 Å². The van der Waals surface area contributed by atoms with E-state index in [4.69, 9.17) is 38.4 Å². The lowest BCUT2D eigenvalue weighted by Gasteiger charge is -2.26. The zero-order valence-electron chi connectivity index (χ0n) is 35.0. The van der Waals surface area contributed by atoms with Crippen molar-refractivity contribution < 1.29 is 61.9 Å². The third-order valence-corrected chi connectivity index (χ3v) is 10.4. The van der Waals surface area contributed by atoms with Gasteiger partial charge in [0.15, 0.2) is 5.75 Å². The fourth-order valence-corrected chi connectivity index (χ4v) is 7.07. The predicted molar refractivity (Wildman–Crippen MR) is 224 cm³/mol. The number of hydrogen-bond donors (Lipinski definition) is 6. The summed E-state index contributed by atoms with van der Waals surface area (Å²) in [7, 11) is 0. The first-order valence-electron chi connectivity index (χ1n) is 21.4. The van der Waals surface area contributed by atoms with Gasteiger partial charge in [-0.3, -0.25) is 24.3 Å². The van der Waals surface area contributed by atoms with Crippen LogP contribution in [0.3, 0.4) is 0 Å². The number of unbranched alkanes of at least 4 members (excludes halogenated alkanes) is 5. The van der Waals surface area contributed by atoms with E-state index in [0.717, 1.165) is 74.3 Å². The van der Waals surface area contributed by atoms with Crippen LogP contribution in [0.5, 0.6) is 11.5 Å². The summed E-state index contributed by atoms with van der Waals surface area (Å²) in [5.41, 5.74) is 5.11. The lowest BCUT2D eigenvalue weighted by Crippen LogP contribution is -2.47. The first-order chi connectivity index (χ1) is 30.7. The number of nitrogens with zero attached hydrogens (tertiary/aromatic N) is 2. The summed E-state index contributed by atoms with van der Waals surface area (Å²) in [5.74, 6) is -3.55. The quantitative estimate of drug-likeness (QED) is 0.0491. The first kappa shape index (κ1) is 45.9. The number of carbonyl (C=O) groups excluding carboxylic acids is 2. The molecule has 2 unspecified atom stereocenters. The zero-order chi connectivity index (χ0) is 43.9. The summed E-state index contributed by atoms with van der Waals surface area (Å²) < 4.78 is 43.9. The van der Waals surface area contributed by atoms with Gasteiger partial charge in [0.25, 0.3) is 17.6 Å². The van der Waals surface area contributed by atoms with Crippen molar-refractivity contribution in [3.05, 3.63) is 83.6 Å². The largest absolute Gasteiger partial charge is 0.382 e. The maximum Gasteiger partial charge on any atom is 0.282 e. The van der Waals surface area contributed by atoms with Gasteiger partial charge in [0.1, 0.15) is 17.3 Å². The second-order valence-corrected chi connectivity index (χ2v) is 15.2. The molecule has 2 saturated heterocycles. The Balaban J connectivity index is 0.664. The Kier molecular flexibility index (Phi) is 16.7. The molecule has 0 spiro atoms. The van der Waals surface area contributed by atoms with Crippen LogP contribution in [0.2, 0.25) is 0 Å². The maximum atomic E-state index is 13.5. The SMILES string of the molecule is O=C(NCCOCCOCCOCCCCCCCCNc1cccc2c1ON(C1CCONO1)O2)c1cc2cc(N3CCC(O)(C(=O)NCc4cc(F)cc(F)c4)O3)ccc2[nH]1. The Labute approximate surface area is 363 Å². The summed E-state index contributed by atoms with van der Waals surface area (Å²) in [6.07, 6.45) is 6.79. The maximum absolute atomic E-state index is 13.5. The van der Waals surface area contributed by atoms with E-state index < -0.39 is 29.6 Å². The highest BCUT2D eigenvalue weighted by Crippen LogP contribution is 2.41. The molecule has 3 aliphatic rings. The van der Waals surface area contributed by atoms with E-state index in [2.05, 4.69) is 26.6 Å². The fourth-order valence-electron chi connectivity index (χ4n) is 7.07. The third-order valence-electron chi connectivity index (χ3n) is 10.4. The van der Waals surface area contributed by atoms with Crippen molar-refractivity contribution in [3.8, 4) is 11.5 Å². The van der Waals surface area contributed by atoms with Crippen molar-refractivity contribution in [1.82, 2.24) is 26.5 Å². The van der Waals surface area contributed by atoms with E-state index in [-0.39, 0.29) is 31.0 Å². The molecule has 2 atom stereocenters. The van der Waals surface area contributed by atoms with Crippen molar-refractivity contribution >= 4 is 34.1 Å². The Morgan fingerprint density at radius 1 is 0.841 bits per heavy atom. The average molecular weight is 884 g/mol. The number of benzene rings is 3. The molecule has 3 aromatic carbocycles. The molecule has 63 heavy (non-hydrogen) atoms. The van der Waals surface area contributed by atoms with Gasteiger partial charge in [-0.2, -0.15) is 0 Å². The lowest BCUT2D eigenvalue weighted by molar-refractivity contribution is -0.376. The van der Waals surface area contributed by atoms with Gasteiger partial charge in [-0.05, 0) is 66.9 Å². The molecular weight excluding hydrogens is 829 g/mol. The number of H-pyrrole nitrogens is 1. The number of anilines is 2. The van der Waals surface area contributed by atoms with Gasteiger partial charge in [-0.15, -0.1) is 0 Å². The standard InChI is InChI=1S/C43H55F2N7O11/c44-32-24-30(25-33(45)28-32)29-48-42(54)43(55)13-16-51(63-43)34-10-11-35-31(26-34)27-37(49-35)41(53)47-15-19-57-21-23-58-22-20-56-17-6-4-2-1-3-5-14-46-36-8-7-9-38-40(36)62-52(61-38)39-12-18-59-50-60-39/h7-11,24-28,39,46,49-50,55H,1-6,12-23,29H2,(H,47,53)(H,48,54). The van der Waals surface area contributed by atoms with Gasteiger partial charge in [0.2, 0.25) is 12.0 Å². The number of hydrogen-bond acceptors (Lipinski definition) is 15. The number of halogens is 2. The average Bonchev–Trinajstić information content (AvgIpc) is 4.04. The normalized spacial score (nSPS) is 18.6. The molecule has 342 valence electrons. The molecule has 6 N–H and O–H groups in total. The number of rotatable bonds is 25. The van der Waals surface area contributed by atoms with Crippen LogP contribution in [-0.2, 0) is 40.1 Å². The van der Waals surface area contributed by atoms with Gasteiger partial charge in [-0.1, -0.05) is 37.4 Å². The number of hydroxylamine groups is 3. The molecule has 3 aliphatic heterocycles. The number of amides is 2. The van der Waals surface area contributed by atoms with E-state index in [1.807, 2.05) is 18.2 Å². The van der Waals surface area contributed by atoms with Crippen LogP contribution in [0.25, 0.3) is 10.9 Å². The van der Waals surface area contributed by atoms with Crippen molar-refractivity contribution in [3.63, 3.8) is 0 Å². The number of fused-ring (bicyclic) bond motifs is 2. The zero-order valence-corrected chi connectivity index (χ0v) is 35.0. The Morgan fingerprint density at radius 3 is 2.40 bits per heavy atom. The molecular formula is C43H55F2N7O11. The van der Waals surface area contributed by atoms with Crippen LogP contribution < -0.4 is 36.3 Å². The van der Waals surface area contributed by atoms with Crippen LogP contribution >= 0.6 is 0 Å². The van der Waals surface area contributed by atoms with Gasteiger partial charge in [0, 0.05) is 56.1 Å². The van der Waals surface area contributed by atoms with Crippen molar-refractivity contribution in [2.45, 2.75) is 69.9 Å². The number of aliphatic hydroxyl groups is 1. The first-order valence-corrected chi connectivity index (χ1v) is 21.4. The molecule has 0 aliphatic carbocycles. The van der Waals surface area contributed by atoms with Crippen molar-refractivity contribution in [1.29, 1.82) is 0 Å². The van der Waals surface area contributed by atoms with Crippen LogP contribution in [-0.4, -0.2) is 105 Å². The molecule has 4 aromatic rings. The fraction of sp³-hybridized carbons (Fsp3) is 0.488. The highest BCUT2D eigenvalue weighted by atomic mass is 19.1. The molecule has 0 bridgehead atoms. The molecule has 1 aromatic heterocycles. The van der Waals surface area contributed by atoms with E-state index in [1.165, 1.54) is 10.3 Å². The Bertz CT molecular complexity index is 2090. The van der Waals surface area contributed by atoms with Gasteiger partial charge in [0.05, 0.1) is 62.8 Å². The van der Waals surface area contributed by atoms with Crippen LogP contribution in [0, 0.1) is 11.6 Å². The summed E-state index contributed by atoms with van der Waals surface area (Å²) in [5, 5.41) is 23.1. The van der Waals surface area contributed by atoms with Gasteiger partial charge < -0.3 is 49.9 Å². The van der Waals surface area contributed by atoms with Gasteiger partial charge >= 0.3 is 0 Å². The summed E-state index contributed by atoms with van der Waals surface area (Å²) in [4.78, 5) is 56.2. The minimum absolute atomic E-state index is 0.0418. The van der Waals surface area contributed by atoms with Gasteiger partial charge in [-0.25, -0.2) is 13.6 Å². The van der Waals surface area contributed by atoms with Crippen LogP contribution in [0.15, 0.2) is 60.7 Å². The Hall–Kier alpha value is -5.16. The van der Waals surface area contributed by atoms with Crippen LogP contribution in [0.4, 0.5) is 20.2 Å². The lowest BCUT2D eigenvalue weighted by atomic mass is 10.1. The topological polar surface area (TPSA) is 199 Å². The number of carbonyl (C=O) groups is 2. The molecule has 2 fully saturated rings. The van der Waals surface area contributed by atoms with E-state index in [9.17, 15) is 23.5 Å². The van der Waals surface area contributed by atoms with E-state index in [0.29, 0.717) is 87.6 Å². The van der Waals surface area contributed by atoms with Crippen LogP contribution in [0.1, 0.15) is 67.4 Å². The molecule has 2 amide bonds.